The minimum absolute atomic E-state index is 0.107. The van der Waals surface area contributed by atoms with Crippen LogP contribution in [0.15, 0.2) is 42.5 Å². The molecule has 0 aromatic heterocycles. The van der Waals surface area contributed by atoms with E-state index >= 15 is 0 Å². The Bertz CT molecular complexity index is 905. The number of ether oxygens (including phenoxy) is 1. The van der Waals surface area contributed by atoms with Gasteiger partial charge in [-0.2, -0.15) is 0 Å². The molecule has 0 saturated carbocycles. The Labute approximate surface area is 147 Å². The second-order valence-electron chi connectivity index (χ2n) is 5.30. The van der Waals surface area contributed by atoms with Gasteiger partial charge in [0.05, 0.1) is 28.3 Å². The van der Waals surface area contributed by atoms with Crippen LogP contribution in [0.25, 0.3) is 0 Å². The van der Waals surface area contributed by atoms with Crippen molar-refractivity contribution >= 4 is 35.0 Å². The van der Waals surface area contributed by atoms with E-state index in [0.717, 1.165) is 11.0 Å². The monoisotopic (exact) mass is 355 g/mol. The molecule has 0 saturated heterocycles. The van der Waals surface area contributed by atoms with Crippen molar-refractivity contribution < 1.29 is 24.0 Å². The molecule has 132 valence electrons. The van der Waals surface area contributed by atoms with Gasteiger partial charge < -0.3 is 4.74 Å². The van der Waals surface area contributed by atoms with Crippen molar-refractivity contribution in [2.24, 2.45) is 0 Å². The van der Waals surface area contributed by atoms with E-state index in [1.165, 1.54) is 24.3 Å². The molecule has 0 unspecified atom stereocenters. The molecule has 1 heterocycles. The van der Waals surface area contributed by atoms with Crippen LogP contribution < -0.4 is 10.2 Å². The Kier molecular flexibility index (Phi) is 4.36. The fourth-order valence-electron chi connectivity index (χ4n) is 2.63. The number of imide groups is 1. The number of anilines is 2. The molecule has 2 aromatic carbocycles. The van der Waals surface area contributed by atoms with Gasteiger partial charge in [-0.05, 0) is 31.2 Å². The van der Waals surface area contributed by atoms with Crippen molar-refractivity contribution in [2.75, 3.05) is 16.8 Å². The average molecular weight is 355 g/mol. The largest absolute Gasteiger partial charge is 0.450 e. The lowest BCUT2D eigenvalue weighted by atomic mass is 10.1. The third-order valence-corrected chi connectivity index (χ3v) is 3.73. The first kappa shape index (κ1) is 17.1. The maximum absolute atomic E-state index is 12.5. The van der Waals surface area contributed by atoms with Gasteiger partial charge in [0.1, 0.15) is 5.69 Å². The van der Waals surface area contributed by atoms with Crippen LogP contribution in [0.3, 0.4) is 0 Å². The zero-order valence-electron chi connectivity index (χ0n) is 13.6. The molecule has 9 nitrogen and oxygen atoms in total. The number of carbonyl (C=O) groups excluding carboxylic acids is 3. The summed E-state index contributed by atoms with van der Waals surface area (Å²) in [5.41, 5.74) is -0.194. The molecule has 0 spiro atoms. The lowest BCUT2D eigenvalue weighted by molar-refractivity contribution is -0.384. The summed E-state index contributed by atoms with van der Waals surface area (Å²) in [6.45, 7) is 1.76. The number of nitro groups is 1. The first-order chi connectivity index (χ1) is 12.4. The molecule has 2 aromatic rings. The topological polar surface area (TPSA) is 119 Å². The number of rotatable bonds is 4. The third-order valence-electron chi connectivity index (χ3n) is 3.73. The molecule has 3 rings (SSSR count). The first-order valence-corrected chi connectivity index (χ1v) is 7.64. The van der Waals surface area contributed by atoms with E-state index in [4.69, 9.17) is 4.74 Å². The zero-order chi connectivity index (χ0) is 18.8. The van der Waals surface area contributed by atoms with Gasteiger partial charge in [0, 0.05) is 6.07 Å². The van der Waals surface area contributed by atoms with Crippen LogP contribution in [0.2, 0.25) is 0 Å². The Morgan fingerprint density at radius 2 is 1.77 bits per heavy atom. The fraction of sp³-hybridized carbons (Fsp3) is 0.118. The Hall–Kier alpha value is -3.75. The molecule has 26 heavy (non-hydrogen) atoms. The lowest BCUT2D eigenvalue weighted by Crippen LogP contribution is -2.30. The Morgan fingerprint density at radius 1 is 1.15 bits per heavy atom. The average Bonchev–Trinajstić information content (AvgIpc) is 2.86. The number of hydrogen-bond donors (Lipinski definition) is 1. The number of nitro benzene ring substituents is 1. The highest BCUT2D eigenvalue weighted by Crippen LogP contribution is 2.36. The van der Waals surface area contributed by atoms with Crippen molar-refractivity contribution in [3.8, 4) is 0 Å². The van der Waals surface area contributed by atoms with Crippen molar-refractivity contribution in [1.29, 1.82) is 0 Å². The predicted octanol–water partition coefficient (Wildman–Crippen LogP) is 2.96. The lowest BCUT2D eigenvalue weighted by Gasteiger charge is -2.15. The van der Waals surface area contributed by atoms with Gasteiger partial charge in [-0.3, -0.25) is 25.0 Å². The summed E-state index contributed by atoms with van der Waals surface area (Å²) >= 11 is 0. The maximum atomic E-state index is 12.5. The Morgan fingerprint density at radius 3 is 2.31 bits per heavy atom. The second kappa shape index (κ2) is 6.63. The van der Waals surface area contributed by atoms with Gasteiger partial charge in [0.25, 0.3) is 17.5 Å². The molecule has 1 N–H and O–H groups in total. The summed E-state index contributed by atoms with van der Waals surface area (Å²) in [6.07, 6.45) is -0.768. The van der Waals surface area contributed by atoms with Crippen LogP contribution in [0.4, 0.5) is 21.9 Å². The molecule has 0 radical (unpaired) electrons. The van der Waals surface area contributed by atoms with E-state index in [2.05, 4.69) is 5.32 Å². The third kappa shape index (κ3) is 2.86. The van der Waals surface area contributed by atoms with Crippen LogP contribution in [-0.2, 0) is 4.74 Å². The van der Waals surface area contributed by atoms with E-state index in [0.29, 0.717) is 0 Å². The molecule has 3 amide bonds. The number of amides is 3. The van der Waals surface area contributed by atoms with Crippen LogP contribution >= 0.6 is 0 Å². The quantitative estimate of drug-likeness (QED) is 0.511. The fourth-order valence-corrected chi connectivity index (χ4v) is 2.63. The van der Waals surface area contributed by atoms with Gasteiger partial charge in [0.15, 0.2) is 0 Å². The van der Waals surface area contributed by atoms with E-state index in [1.807, 2.05) is 0 Å². The molecule has 9 heteroatoms. The van der Waals surface area contributed by atoms with Crippen molar-refractivity contribution in [3.05, 3.63) is 63.7 Å². The molecule has 1 aliphatic rings. The highest BCUT2D eigenvalue weighted by molar-refractivity contribution is 6.35. The SMILES string of the molecule is CCOC(=O)Nc1ccc(N2C(=O)c3ccccc3C2=O)c([N+](=O)[O-])c1. The molecule has 0 atom stereocenters. The molecule has 0 fully saturated rings. The number of carbonyl (C=O) groups is 3. The van der Waals surface area contributed by atoms with Crippen LogP contribution in [0.5, 0.6) is 0 Å². The van der Waals surface area contributed by atoms with E-state index in [9.17, 15) is 24.5 Å². The minimum atomic E-state index is -0.768. The van der Waals surface area contributed by atoms with Gasteiger partial charge in [-0.25, -0.2) is 9.69 Å². The first-order valence-electron chi connectivity index (χ1n) is 7.64. The van der Waals surface area contributed by atoms with Crippen molar-refractivity contribution in [3.63, 3.8) is 0 Å². The molecule has 0 aliphatic carbocycles. The van der Waals surface area contributed by atoms with Gasteiger partial charge in [-0.1, -0.05) is 12.1 Å². The number of nitrogens with one attached hydrogen (secondary N) is 1. The standard InChI is InChI=1S/C17H13N3O6/c1-2-26-17(23)18-10-7-8-13(14(9-10)20(24)25)19-15(21)11-5-3-4-6-12(11)16(19)22/h3-9H,2H2,1H3,(H,18,23). The highest BCUT2D eigenvalue weighted by Gasteiger charge is 2.39. The maximum Gasteiger partial charge on any atom is 0.411 e. The van der Waals surface area contributed by atoms with E-state index < -0.39 is 28.5 Å². The smallest absolute Gasteiger partial charge is 0.411 e. The summed E-state index contributed by atoms with van der Waals surface area (Å²) in [4.78, 5) is 48.0. The number of fused-ring (bicyclic) bond motifs is 1. The number of benzene rings is 2. The minimum Gasteiger partial charge on any atom is -0.450 e. The predicted molar refractivity (Wildman–Crippen MR) is 91.3 cm³/mol. The van der Waals surface area contributed by atoms with Gasteiger partial charge in [-0.15, -0.1) is 0 Å². The summed E-state index contributed by atoms with van der Waals surface area (Å²) in [5.74, 6) is -1.28. The summed E-state index contributed by atoms with van der Waals surface area (Å²) in [5, 5.41) is 13.8. The van der Waals surface area contributed by atoms with E-state index in [-0.39, 0.29) is 29.1 Å². The van der Waals surface area contributed by atoms with Crippen molar-refractivity contribution in [1.82, 2.24) is 0 Å². The summed E-state index contributed by atoms with van der Waals surface area (Å²) in [6, 6.07) is 9.83. The molecular weight excluding hydrogens is 342 g/mol. The van der Waals surface area contributed by atoms with Gasteiger partial charge in [0.2, 0.25) is 0 Å². The van der Waals surface area contributed by atoms with Crippen LogP contribution in [0.1, 0.15) is 27.6 Å². The number of nitrogens with zero attached hydrogens (tertiary/aromatic N) is 2. The number of hydrogen-bond acceptors (Lipinski definition) is 6. The molecule has 0 bridgehead atoms. The zero-order valence-corrected chi connectivity index (χ0v) is 13.6. The van der Waals surface area contributed by atoms with E-state index in [1.54, 1.807) is 19.1 Å². The Balaban J connectivity index is 2.01. The normalized spacial score (nSPS) is 12.7. The summed E-state index contributed by atoms with van der Waals surface area (Å²) in [7, 11) is 0. The van der Waals surface area contributed by atoms with Crippen LogP contribution in [0, 0.1) is 10.1 Å². The van der Waals surface area contributed by atoms with Gasteiger partial charge >= 0.3 is 6.09 Å². The van der Waals surface area contributed by atoms with Crippen molar-refractivity contribution in [2.45, 2.75) is 6.92 Å². The summed E-state index contributed by atoms with van der Waals surface area (Å²) < 4.78 is 4.71. The highest BCUT2D eigenvalue weighted by atomic mass is 16.6. The molecular formula is C17H13N3O6. The molecule has 1 aliphatic heterocycles. The second-order valence-corrected chi connectivity index (χ2v) is 5.30. The van der Waals surface area contributed by atoms with Crippen LogP contribution in [-0.4, -0.2) is 29.4 Å².